The molecule has 1 unspecified atom stereocenters. The minimum atomic E-state index is -0.203. The van der Waals surface area contributed by atoms with Crippen LogP contribution in [-0.2, 0) is 9.59 Å². The number of nitrogens with one attached hydrogen (secondary N) is 1. The van der Waals surface area contributed by atoms with Gasteiger partial charge >= 0.3 is 0 Å². The van der Waals surface area contributed by atoms with Gasteiger partial charge in [-0.2, -0.15) is 0 Å². The zero-order chi connectivity index (χ0) is 20.9. The average molecular weight is 473 g/mol. The maximum absolute atomic E-state index is 13.1. The Morgan fingerprint density at radius 2 is 1.77 bits per heavy atom. The van der Waals surface area contributed by atoms with E-state index in [4.69, 9.17) is 0 Å². The number of halogens is 1. The fourth-order valence-electron chi connectivity index (χ4n) is 4.11. The smallest absolute Gasteiger partial charge is 0.230 e. The summed E-state index contributed by atoms with van der Waals surface area (Å²) in [5, 5.41) is 2.87. The van der Waals surface area contributed by atoms with Crippen molar-refractivity contribution < 1.29 is 9.59 Å². The molecule has 0 aliphatic carbocycles. The predicted octanol–water partition coefficient (Wildman–Crippen LogP) is 2.73. The molecule has 2 saturated heterocycles. The number of likely N-dealkylation sites (tertiary alicyclic amines) is 1. The first kappa shape index (κ1) is 20.7. The van der Waals surface area contributed by atoms with Gasteiger partial charge in [-0.3, -0.25) is 9.59 Å². The van der Waals surface area contributed by atoms with Crippen molar-refractivity contribution in [2.24, 2.45) is 11.8 Å². The number of rotatable bonds is 4. The third-order valence-corrected chi connectivity index (χ3v) is 6.23. The maximum atomic E-state index is 13.1. The number of hydrogen-bond acceptors (Lipinski definition) is 6. The maximum Gasteiger partial charge on any atom is 0.230 e. The van der Waals surface area contributed by atoms with Gasteiger partial charge in [0.05, 0.1) is 5.92 Å². The number of pyridine rings is 1. The largest absolute Gasteiger partial charge is 0.342 e. The van der Waals surface area contributed by atoms with E-state index in [2.05, 4.69) is 41.1 Å². The summed E-state index contributed by atoms with van der Waals surface area (Å²) in [7, 11) is 0. The van der Waals surface area contributed by atoms with Crippen LogP contribution in [0.2, 0.25) is 0 Å². The standard InChI is InChI=1S/C21H25BrN6O2/c22-17-4-5-18(25-13-17)26-19(29)16-3-1-10-28(14-16)20(30)15-6-11-27(12-7-15)21-23-8-2-9-24-21/h2,4-5,8-9,13,15-16H,1,3,6-7,10-12,14H2,(H,25,26,29). The van der Waals surface area contributed by atoms with Crippen molar-refractivity contribution >= 4 is 39.5 Å². The molecule has 2 fully saturated rings. The zero-order valence-corrected chi connectivity index (χ0v) is 18.3. The van der Waals surface area contributed by atoms with E-state index < -0.39 is 0 Å². The number of anilines is 2. The number of carbonyl (C=O) groups is 2. The molecule has 2 aliphatic rings. The fraction of sp³-hybridized carbons (Fsp3) is 0.476. The molecule has 0 bridgehead atoms. The Bertz CT molecular complexity index is 871. The van der Waals surface area contributed by atoms with Gasteiger partial charge in [-0.1, -0.05) is 0 Å². The van der Waals surface area contributed by atoms with Gasteiger partial charge in [-0.25, -0.2) is 15.0 Å². The lowest BCUT2D eigenvalue weighted by molar-refractivity contribution is -0.139. The van der Waals surface area contributed by atoms with Crippen LogP contribution in [0.25, 0.3) is 0 Å². The molecule has 4 heterocycles. The number of aromatic nitrogens is 3. The van der Waals surface area contributed by atoms with Gasteiger partial charge < -0.3 is 15.1 Å². The Hall–Kier alpha value is -2.55. The molecule has 0 spiro atoms. The van der Waals surface area contributed by atoms with Crippen LogP contribution in [0.1, 0.15) is 25.7 Å². The van der Waals surface area contributed by atoms with Crippen molar-refractivity contribution in [3.05, 3.63) is 41.3 Å². The van der Waals surface area contributed by atoms with Crippen LogP contribution in [0.15, 0.2) is 41.3 Å². The minimum Gasteiger partial charge on any atom is -0.342 e. The quantitative estimate of drug-likeness (QED) is 0.735. The number of amides is 2. The Morgan fingerprint density at radius 3 is 2.47 bits per heavy atom. The van der Waals surface area contributed by atoms with Crippen molar-refractivity contribution in [1.82, 2.24) is 19.9 Å². The van der Waals surface area contributed by atoms with Crippen molar-refractivity contribution in [2.45, 2.75) is 25.7 Å². The van der Waals surface area contributed by atoms with Crippen LogP contribution >= 0.6 is 15.9 Å². The van der Waals surface area contributed by atoms with Crippen LogP contribution in [0, 0.1) is 11.8 Å². The summed E-state index contributed by atoms with van der Waals surface area (Å²) < 4.78 is 0.861. The number of carbonyl (C=O) groups excluding carboxylic acids is 2. The van der Waals surface area contributed by atoms with Gasteiger partial charge in [-0.15, -0.1) is 0 Å². The van der Waals surface area contributed by atoms with E-state index in [-0.39, 0.29) is 23.7 Å². The number of hydrogen-bond donors (Lipinski definition) is 1. The van der Waals surface area contributed by atoms with E-state index in [0.29, 0.717) is 12.4 Å². The molecule has 30 heavy (non-hydrogen) atoms. The van der Waals surface area contributed by atoms with Gasteiger partial charge in [0, 0.05) is 55.2 Å². The zero-order valence-electron chi connectivity index (χ0n) is 16.7. The Morgan fingerprint density at radius 1 is 1.00 bits per heavy atom. The lowest BCUT2D eigenvalue weighted by atomic mass is 9.92. The molecular weight excluding hydrogens is 448 g/mol. The predicted molar refractivity (Wildman–Crippen MR) is 117 cm³/mol. The van der Waals surface area contributed by atoms with Crippen LogP contribution in [0.3, 0.4) is 0 Å². The van der Waals surface area contributed by atoms with Crippen LogP contribution in [0.5, 0.6) is 0 Å². The minimum absolute atomic E-state index is 0.0000799. The second-order valence-electron chi connectivity index (χ2n) is 7.78. The highest BCUT2D eigenvalue weighted by Crippen LogP contribution is 2.25. The molecule has 9 heteroatoms. The van der Waals surface area contributed by atoms with E-state index in [1.54, 1.807) is 30.7 Å². The van der Waals surface area contributed by atoms with Gasteiger partial charge in [0.2, 0.25) is 17.8 Å². The molecule has 1 atom stereocenters. The molecule has 158 valence electrons. The first-order chi connectivity index (χ1) is 14.6. The molecule has 0 aromatic carbocycles. The van der Waals surface area contributed by atoms with E-state index in [1.165, 1.54) is 0 Å². The van der Waals surface area contributed by atoms with Gasteiger partial charge in [-0.05, 0) is 59.8 Å². The second kappa shape index (κ2) is 9.51. The number of piperidine rings is 2. The van der Waals surface area contributed by atoms with E-state index in [9.17, 15) is 9.59 Å². The van der Waals surface area contributed by atoms with Crippen LogP contribution in [0.4, 0.5) is 11.8 Å². The summed E-state index contributed by atoms with van der Waals surface area (Å²) in [5.41, 5.74) is 0. The summed E-state index contributed by atoms with van der Waals surface area (Å²) in [6.45, 7) is 2.74. The molecule has 4 rings (SSSR count). The first-order valence-electron chi connectivity index (χ1n) is 10.3. The normalized spacial score (nSPS) is 20.1. The molecule has 8 nitrogen and oxygen atoms in total. The van der Waals surface area contributed by atoms with E-state index in [0.717, 1.165) is 55.7 Å². The third-order valence-electron chi connectivity index (χ3n) is 5.76. The third kappa shape index (κ3) is 4.95. The van der Waals surface area contributed by atoms with Crippen molar-refractivity contribution in [1.29, 1.82) is 0 Å². The van der Waals surface area contributed by atoms with Crippen LogP contribution < -0.4 is 10.2 Å². The van der Waals surface area contributed by atoms with Crippen molar-refractivity contribution in [3.8, 4) is 0 Å². The first-order valence-corrected chi connectivity index (χ1v) is 11.1. The fourth-order valence-corrected chi connectivity index (χ4v) is 4.34. The van der Waals surface area contributed by atoms with Gasteiger partial charge in [0.1, 0.15) is 5.82 Å². The Labute approximate surface area is 184 Å². The molecule has 2 amide bonds. The molecule has 2 aliphatic heterocycles. The molecule has 0 radical (unpaired) electrons. The summed E-state index contributed by atoms with van der Waals surface area (Å²) in [6, 6.07) is 5.40. The average Bonchev–Trinajstić information content (AvgIpc) is 2.81. The molecule has 2 aromatic heterocycles. The van der Waals surface area contributed by atoms with E-state index >= 15 is 0 Å². The number of nitrogens with zero attached hydrogens (tertiary/aromatic N) is 5. The Balaban J connectivity index is 1.30. The van der Waals surface area contributed by atoms with E-state index in [1.807, 2.05) is 11.0 Å². The van der Waals surface area contributed by atoms with Crippen LogP contribution in [-0.4, -0.2) is 57.8 Å². The summed E-state index contributed by atoms with van der Waals surface area (Å²) >= 11 is 3.34. The molecule has 1 N–H and O–H groups in total. The van der Waals surface area contributed by atoms with Crippen molar-refractivity contribution in [3.63, 3.8) is 0 Å². The molecule has 0 saturated carbocycles. The van der Waals surface area contributed by atoms with Gasteiger partial charge in [0.25, 0.3) is 0 Å². The summed E-state index contributed by atoms with van der Waals surface area (Å²) in [4.78, 5) is 42.6. The topological polar surface area (TPSA) is 91.3 Å². The Kier molecular flexibility index (Phi) is 6.56. The SMILES string of the molecule is O=C(Nc1ccc(Br)cn1)C1CCCN(C(=O)C2CCN(c3ncccn3)CC2)C1. The highest BCUT2D eigenvalue weighted by atomic mass is 79.9. The second-order valence-corrected chi connectivity index (χ2v) is 8.70. The molecular formula is C21H25BrN6O2. The lowest BCUT2D eigenvalue weighted by Gasteiger charge is -2.37. The highest BCUT2D eigenvalue weighted by Gasteiger charge is 2.33. The molecule has 2 aromatic rings. The van der Waals surface area contributed by atoms with Gasteiger partial charge in [0.15, 0.2) is 0 Å². The lowest BCUT2D eigenvalue weighted by Crippen LogP contribution is -2.48. The summed E-state index contributed by atoms with van der Waals surface area (Å²) in [6.07, 6.45) is 8.33. The van der Waals surface area contributed by atoms with Crippen molar-refractivity contribution in [2.75, 3.05) is 36.4 Å². The highest BCUT2D eigenvalue weighted by molar-refractivity contribution is 9.10. The monoisotopic (exact) mass is 472 g/mol. The summed E-state index contributed by atoms with van der Waals surface area (Å²) in [5.74, 6) is 1.15.